The molecule has 0 aliphatic rings. The highest BCUT2D eigenvalue weighted by Crippen LogP contribution is 2.31. The van der Waals surface area contributed by atoms with Gasteiger partial charge in [-0.1, -0.05) is 35.9 Å². The lowest BCUT2D eigenvalue weighted by molar-refractivity contribution is 0.0530. The van der Waals surface area contributed by atoms with E-state index in [2.05, 4.69) is 0 Å². The highest BCUT2D eigenvalue weighted by molar-refractivity contribution is 6.31. The van der Waals surface area contributed by atoms with Gasteiger partial charge in [-0.2, -0.15) is 0 Å². The van der Waals surface area contributed by atoms with Gasteiger partial charge in [0.05, 0.1) is 5.60 Å². The molecule has 0 fully saturated rings. The van der Waals surface area contributed by atoms with Crippen molar-refractivity contribution >= 4 is 11.6 Å². The van der Waals surface area contributed by atoms with Gasteiger partial charge >= 0.3 is 0 Å². The van der Waals surface area contributed by atoms with Gasteiger partial charge in [-0.25, -0.2) is 8.78 Å². The summed E-state index contributed by atoms with van der Waals surface area (Å²) in [6.45, 7) is 3.35. The monoisotopic (exact) mass is 296 g/mol. The maximum Gasteiger partial charge on any atom is 0.164 e. The van der Waals surface area contributed by atoms with Gasteiger partial charge in [0.15, 0.2) is 11.6 Å². The van der Waals surface area contributed by atoms with Crippen molar-refractivity contribution in [3.63, 3.8) is 0 Å². The number of rotatable bonds is 3. The van der Waals surface area contributed by atoms with Gasteiger partial charge in [-0.05, 0) is 37.1 Å². The fourth-order valence-corrected chi connectivity index (χ4v) is 2.48. The predicted octanol–water partition coefficient (Wildman–Crippen LogP) is 4.38. The van der Waals surface area contributed by atoms with Gasteiger partial charge in [-0.15, -0.1) is 0 Å². The quantitative estimate of drug-likeness (QED) is 0.891. The van der Waals surface area contributed by atoms with E-state index in [1.807, 2.05) is 13.0 Å². The maximum atomic E-state index is 13.8. The normalized spacial score (nSPS) is 14.1. The van der Waals surface area contributed by atoms with Crippen LogP contribution in [0.1, 0.15) is 23.6 Å². The van der Waals surface area contributed by atoms with Crippen LogP contribution in [0.3, 0.4) is 0 Å². The molecule has 0 aliphatic heterocycles. The first-order valence-electron chi connectivity index (χ1n) is 6.23. The minimum absolute atomic E-state index is 0.0749. The Morgan fingerprint density at radius 3 is 2.55 bits per heavy atom. The molecular weight excluding hydrogens is 282 g/mol. The van der Waals surface area contributed by atoms with E-state index in [4.69, 9.17) is 11.6 Å². The van der Waals surface area contributed by atoms with E-state index >= 15 is 0 Å². The standard InChI is InChI=1S/C16H15ClF2O/c1-10-6-7-11(13(17)8-10)9-16(2,20)12-4-3-5-14(18)15(12)19/h3-8,20H,9H2,1-2H3. The summed E-state index contributed by atoms with van der Waals surface area (Å²) in [6.07, 6.45) is 0.104. The number of aliphatic hydroxyl groups is 1. The van der Waals surface area contributed by atoms with Gasteiger partial charge in [0.25, 0.3) is 0 Å². The van der Waals surface area contributed by atoms with Crippen LogP contribution in [0.2, 0.25) is 5.02 Å². The van der Waals surface area contributed by atoms with Crippen LogP contribution in [0, 0.1) is 18.6 Å². The summed E-state index contributed by atoms with van der Waals surface area (Å²) < 4.78 is 27.1. The highest BCUT2D eigenvalue weighted by atomic mass is 35.5. The van der Waals surface area contributed by atoms with Crippen LogP contribution in [0.25, 0.3) is 0 Å². The van der Waals surface area contributed by atoms with Gasteiger partial charge in [0.2, 0.25) is 0 Å². The van der Waals surface area contributed by atoms with Crippen LogP contribution in [0.5, 0.6) is 0 Å². The third kappa shape index (κ3) is 3.00. The van der Waals surface area contributed by atoms with Crippen molar-refractivity contribution in [3.8, 4) is 0 Å². The van der Waals surface area contributed by atoms with E-state index in [-0.39, 0.29) is 12.0 Å². The molecule has 0 saturated carbocycles. The smallest absolute Gasteiger partial charge is 0.164 e. The highest BCUT2D eigenvalue weighted by Gasteiger charge is 2.29. The van der Waals surface area contributed by atoms with Crippen LogP contribution in [-0.2, 0) is 12.0 Å². The predicted molar refractivity (Wildman–Crippen MR) is 75.8 cm³/mol. The molecule has 0 amide bonds. The minimum Gasteiger partial charge on any atom is -0.385 e. The zero-order valence-electron chi connectivity index (χ0n) is 11.3. The minimum atomic E-state index is -1.54. The molecule has 20 heavy (non-hydrogen) atoms. The molecule has 4 heteroatoms. The lowest BCUT2D eigenvalue weighted by atomic mass is 9.88. The van der Waals surface area contributed by atoms with Crippen molar-refractivity contribution in [2.24, 2.45) is 0 Å². The molecule has 106 valence electrons. The Morgan fingerprint density at radius 2 is 1.90 bits per heavy atom. The third-order valence-electron chi connectivity index (χ3n) is 3.28. The molecule has 0 radical (unpaired) electrons. The summed E-state index contributed by atoms with van der Waals surface area (Å²) in [5.41, 5.74) is 0.0702. The fraction of sp³-hybridized carbons (Fsp3) is 0.250. The average Bonchev–Trinajstić information content (AvgIpc) is 2.36. The fourth-order valence-electron chi connectivity index (χ4n) is 2.18. The molecule has 1 N–H and O–H groups in total. The molecule has 0 aliphatic carbocycles. The topological polar surface area (TPSA) is 20.2 Å². The van der Waals surface area contributed by atoms with Crippen molar-refractivity contribution < 1.29 is 13.9 Å². The van der Waals surface area contributed by atoms with Gasteiger partial charge in [-0.3, -0.25) is 0 Å². The number of halogens is 3. The molecular formula is C16H15ClF2O. The summed E-state index contributed by atoms with van der Waals surface area (Å²) in [6, 6.07) is 9.19. The molecule has 2 aromatic carbocycles. The molecule has 2 aromatic rings. The number of hydrogen-bond donors (Lipinski definition) is 1. The molecule has 0 saturated heterocycles. The Labute approximate surface area is 121 Å². The Bertz CT molecular complexity index is 638. The Hall–Kier alpha value is -1.45. The summed E-state index contributed by atoms with van der Waals surface area (Å²) in [5, 5.41) is 11.0. The van der Waals surface area contributed by atoms with Crippen LogP contribution in [-0.4, -0.2) is 5.11 Å². The van der Waals surface area contributed by atoms with E-state index < -0.39 is 17.2 Å². The Balaban J connectivity index is 2.38. The first-order chi connectivity index (χ1) is 9.31. The summed E-state index contributed by atoms with van der Waals surface area (Å²) >= 11 is 6.12. The number of aryl methyl sites for hydroxylation is 1. The summed E-state index contributed by atoms with van der Waals surface area (Å²) in [5.74, 6) is -2.00. The average molecular weight is 297 g/mol. The van der Waals surface area contributed by atoms with Gasteiger partial charge in [0, 0.05) is 17.0 Å². The first kappa shape index (κ1) is 14.9. The van der Waals surface area contributed by atoms with E-state index in [0.717, 1.165) is 11.6 Å². The molecule has 1 atom stereocenters. The van der Waals surface area contributed by atoms with E-state index in [1.54, 1.807) is 12.1 Å². The van der Waals surface area contributed by atoms with Crippen molar-refractivity contribution in [1.29, 1.82) is 0 Å². The first-order valence-corrected chi connectivity index (χ1v) is 6.61. The van der Waals surface area contributed by atoms with Crippen LogP contribution >= 0.6 is 11.6 Å². The molecule has 0 heterocycles. The largest absolute Gasteiger partial charge is 0.385 e. The van der Waals surface area contributed by atoms with Crippen molar-refractivity contribution in [3.05, 3.63) is 69.7 Å². The van der Waals surface area contributed by atoms with E-state index in [9.17, 15) is 13.9 Å². The number of hydrogen-bond acceptors (Lipinski definition) is 1. The SMILES string of the molecule is Cc1ccc(CC(C)(O)c2cccc(F)c2F)c(Cl)c1. The van der Waals surface area contributed by atoms with E-state index in [1.165, 1.54) is 19.1 Å². The third-order valence-corrected chi connectivity index (χ3v) is 3.63. The van der Waals surface area contributed by atoms with Crippen molar-refractivity contribution in [2.45, 2.75) is 25.9 Å². The van der Waals surface area contributed by atoms with Crippen molar-refractivity contribution in [2.75, 3.05) is 0 Å². The van der Waals surface area contributed by atoms with Gasteiger partial charge < -0.3 is 5.11 Å². The second kappa shape index (κ2) is 5.51. The second-order valence-corrected chi connectivity index (χ2v) is 5.55. The van der Waals surface area contributed by atoms with E-state index in [0.29, 0.717) is 10.6 Å². The van der Waals surface area contributed by atoms with Crippen LogP contribution in [0.15, 0.2) is 36.4 Å². The Morgan fingerprint density at radius 1 is 1.20 bits per heavy atom. The molecule has 0 spiro atoms. The summed E-state index contributed by atoms with van der Waals surface area (Å²) in [4.78, 5) is 0. The lowest BCUT2D eigenvalue weighted by Gasteiger charge is -2.25. The van der Waals surface area contributed by atoms with Crippen LogP contribution < -0.4 is 0 Å². The van der Waals surface area contributed by atoms with Crippen LogP contribution in [0.4, 0.5) is 8.78 Å². The zero-order valence-corrected chi connectivity index (χ0v) is 12.0. The maximum absolute atomic E-state index is 13.8. The molecule has 0 aromatic heterocycles. The lowest BCUT2D eigenvalue weighted by Crippen LogP contribution is -2.26. The molecule has 0 bridgehead atoms. The molecule has 1 unspecified atom stereocenters. The second-order valence-electron chi connectivity index (χ2n) is 5.15. The summed E-state index contributed by atoms with van der Waals surface area (Å²) in [7, 11) is 0. The molecule has 1 nitrogen and oxygen atoms in total. The number of benzene rings is 2. The zero-order chi connectivity index (χ0) is 14.9. The van der Waals surface area contributed by atoms with Gasteiger partial charge in [0.1, 0.15) is 0 Å². The van der Waals surface area contributed by atoms with Crippen molar-refractivity contribution in [1.82, 2.24) is 0 Å². The molecule has 2 rings (SSSR count). The Kier molecular flexibility index (Phi) is 4.11.